The molecule has 2 N–H and O–H groups in total. The minimum Gasteiger partial charge on any atom is -0.327 e. The lowest BCUT2D eigenvalue weighted by atomic mass is 9.92. The van der Waals surface area contributed by atoms with Gasteiger partial charge in [0, 0.05) is 6.04 Å². The monoisotopic (exact) mass is 183 g/mol. The molecule has 0 aromatic carbocycles. The van der Waals surface area contributed by atoms with E-state index in [4.69, 9.17) is 5.73 Å². The van der Waals surface area contributed by atoms with Crippen LogP contribution in [0, 0.1) is 5.92 Å². The van der Waals surface area contributed by atoms with E-state index in [1.54, 1.807) is 0 Å². The summed E-state index contributed by atoms with van der Waals surface area (Å²) in [6.07, 6.45) is -3.55. The van der Waals surface area contributed by atoms with Crippen molar-refractivity contribution in [2.45, 2.75) is 45.3 Å². The van der Waals surface area contributed by atoms with E-state index in [-0.39, 0.29) is 5.92 Å². The molecule has 0 saturated heterocycles. The van der Waals surface area contributed by atoms with Crippen LogP contribution in [0.25, 0.3) is 0 Å². The van der Waals surface area contributed by atoms with Gasteiger partial charge in [0.1, 0.15) is 0 Å². The number of alkyl halides is 3. The van der Waals surface area contributed by atoms with Gasteiger partial charge in [-0.2, -0.15) is 13.2 Å². The van der Waals surface area contributed by atoms with Gasteiger partial charge in [0.2, 0.25) is 0 Å². The first-order valence-electron chi connectivity index (χ1n) is 4.23. The largest absolute Gasteiger partial charge is 0.390 e. The highest BCUT2D eigenvalue weighted by Gasteiger charge is 2.32. The van der Waals surface area contributed by atoms with Crippen LogP contribution in [-0.2, 0) is 0 Å². The van der Waals surface area contributed by atoms with Crippen LogP contribution in [-0.4, -0.2) is 12.2 Å². The number of rotatable bonds is 4. The van der Waals surface area contributed by atoms with E-state index >= 15 is 0 Å². The van der Waals surface area contributed by atoms with E-state index in [1.807, 2.05) is 13.8 Å². The molecule has 4 heteroatoms. The number of hydrogen-bond donors (Lipinski definition) is 1. The van der Waals surface area contributed by atoms with Crippen LogP contribution in [0.2, 0.25) is 0 Å². The van der Waals surface area contributed by atoms with Crippen molar-refractivity contribution in [3.8, 4) is 0 Å². The van der Waals surface area contributed by atoms with E-state index < -0.39 is 18.6 Å². The van der Waals surface area contributed by atoms with Crippen molar-refractivity contribution in [1.82, 2.24) is 0 Å². The van der Waals surface area contributed by atoms with Crippen molar-refractivity contribution in [3.63, 3.8) is 0 Å². The summed E-state index contributed by atoms with van der Waals surface area (Å²) in [6.45, 7) is 3.73. The molecule has 1 nitrogen and oxygen atoms in total. The lowest BCUT2D eigenvalue weighted by Gasteiger charge is -2.21. The minimum absolute atomic E-state index is 0.00775. The van der Waals surface area contributed by atoms with Crippen LogP contribution in [0.15, 0.2) is 0 Å². The lowest BCUT2D eigenvalue weighted by molar-refractivity contribution is -0.140. The van der Waals surface area contributed by atoms with Crippen LogP contribution in [0.4, 0.5) is 13.2 Å². The zero-order chi connectivity index (χ0) is 9.78. The quantitative estimate of drug-likeness (QED) is 0.712. The molecule has 1 atom stereocenters. The highest BCUT2D eigenvalue weighted by Crippen LogP contribution is 2.25. The van der Waals surface area contributed by atoms with Crippen molar-refractivity contribution in [1.29, 1.82) is 0 Å². The minimum atomic E-state index is -4.12. The molecule has 0 aliphatic heterocycles. The fraction of sp³-hybridized carbons (Fsp3) is 1.00. The van der Waals surface area contributed by atoms with Gasteiger partial charge in [0.15, 0.2) is 0 Å². The third kappa shape index (κ3) is 4.59. The molecule has 12 heavy (non-hydrogen) atoms. The summed E-state index contributed by atoms with van der Waals surface area (Å²) in [4.78, 5) is 0. The average Bonchev–Trinajstić information content (AvgIpc) is 1.85. The van der Waals surface area contributed by atoms with Crippen LogP contribution in [0.5, 0.6) is 0 Å². The Morgan fingerprint density at radius 2 is 1.58 bits per heavy atom. The van der Waals surface area contributed by atoms with Gasteiger partial charge >= 0.3 is 6.18 Å². The summed E-state index contributed by atoms with van der Waals surface area (Å²) in [5.74, 6) is -0.00775. The Kier molecular flexibility index (Phi) is 4.60. The fourth-order valence-corrected chi connectivity index (χ4v) is 1.33. The van der Waals surface area contributed by atoms with E-state index in [1.165, 1.54) is 0 Å². The molecular formula is C8H16F3N. The molecular weight excluding hydrogens is 167 g/mol. The van der Waals surface area contributed by atoms with Gasteiger partial charge in [-0.3, -0.25) is 0 Å². The predicted molar refractivity (Wildman–Crippen MR) is 42.7 cm³/mol. The molecule has 0 amide bonds. The van der Waals surface area contributed by atoms with Gasteiger partial charge in [-0.05, 0) is 5.92 Å². The maximum atomic E-state index is 11.9. The van der Waals surface area contributed by atoms with Crippen molar-refractivity contribution >= 4 is 0 Å². The second kappa shape index (κ2) is 4.70. The molecule has 0 rings (SSSR count). The Hall–Kier alpha value is -0.250. The Morgan fingerprint density at radius 3 is 1.83 bits per heavy atom. The van der Waals surface area contributed by atoms with E-state index in [2.05, 4.69) is 0 Å². The summed E-state index contributed by atoms with van der Waals surface area (Å²) in [5.41, 5.74) is 5.41. The summed E-state index contributed by atoms with van der Waals surface area (Å²) >= 11 is 0. The molecule has 0 aromatic heterocycles. The standard InChI is InChI=1S/C8H16F3N/c1-3-6(4-2)7(12)5-8(9,10)11/h6-7H,3-5,12H2,1-2H3/t7-/m0/s1. The summed E-state index contributed by atoms with van der Waals surface area (Å²) in [7, 11) is 0. The van der Waals surface area contributed by atoms with Crippen molar-refractivity contribution in [2.75, 3.05) is 0 Å². The summed E-state index contributed by atoms with van der Waals surface area (Å²) in [6, 6.07) is -0.736. The van der Waals surface area contributed by atoms with Gasteiger partial charge < -0.3 is 5.73 Å². The number of halogens is 3. The molecule has 0 spiro atoms. The first-order chi connectivity index (χ1) is 5.40. The van der Waals surface area contributed by atoms with Crippen LogP contribution >= 0.6 is 0 Å². The van der Waals surface area contributed by atoms with E-state index in [9.17, 15) is 13.2 Å². The Labute approximate surface area is 71.1 Å². The molecule has 74 valence electrons. The predicted octanol–water partition coefficient (Wildman–Crippen LogP) is 2.70. The smallest absolute Gasteiger partial charge is 0.327 e. The third-order valence-corrected chi connectivity index (χ3v) is 2.12. The maximum absolute atomic E-state index is 11.9. The molecule has 0 aliphatic rings. The summed E-state index contributed by atoms with van der Waals surface area (Å²) in [5, 5.41) is 0. The van der Waals surface area contributed by atoms with Crippen LogP contribution in [0.1, 0.15) is 33.1 Å². The normalized spacial score (nSPS) is 15.2. The van der Waals surface area contributed by atoms with Crippen molar-refractivity contribution < 1.29 is 13.2 Å². The zero-order valence-electron chi connectivity index (χ0n) is 7.49. The Bertz CT molecular complexity index is 118. The Balaban J connectivity index is 3.92. The number of hydrogen-bond acceptors (Lipinski definition) is 1. The Morgan fingerprint density at radius 1 is 1.17 bits per heavy atom. The van der Waals surface area contributed by atoms with Gasteiger partial charge in [-0.25, -0.2) is 0 Å². The van der Waals surface area contributed by atoms with Gasteiger partial charge in [0.25, 0.3) is 0 Å². The lowest BCUT2D eigenvalue weighted by Crippen LogP contribution is -2.34. The van der Waals surface area contributed by atoms with Gasteiger partial charge in [0.05, 0.1) is 6.42 Å². The number of nitrogens with two attached hydrogens (primary N) is 1. The zero-order valence-corrected chi connectivity index (χ0v) is 7.49. The van der Waals surface area contributed by atoms with E-state index in [0.717, 1.165) is 0 Å². The molecule has 0 radical (unpaired) electrons. The van der Waals surface area contributed by atoms with E-state index in [0.29, 0.717) is 12.8 Å². The van der Waals surface area contributed by atoms with Crippen molar-refractivity contribution in [2.24, 2.45) is 11.7 Å². The fourth-order valence-electron chi connectivity index (χ4n) is 1.33. The maximum Gasteiger partial charge on any atom is 0.390 e. The second-order valence-electron chi connectivity index (χ2n) is 3.06. The molecule has 0 fully saturated rings. The van der Waals surface area contributed by atoms with Crippen molar-refractivity contribution in [3.05, 3.63) is 0 Å². The highest BCUT2D eigenvalue weighted by atomic mass is 19.4. The average molecular weight is 183 g/mol. The molecule has 0 bridgehead atoms. The first-order valence-corrected chi connectivity index (χ1v) is 4.23. The van der Waals surface area contributed by atoms with Gasteiger partial charge in [-0.15, -0.1) is 0 Å². The first kappa shape index (κ1) is 11.8. The molecule has 0 heterocycles. The van der Waals surface area contributed by atoms with Crippen LogP contribution < -0.4 is 5.73 Å². The molecule has 0 aromatic rings. The second-order valence-corrected chi connectivity index (χ2v) is 3.06. The molecule has 0 aliphatic carbocycles. The molecule has 0 saturated carbocycles. The van der Waals surface area contributed by atoms with Crippen LogP contribution in [0.3, 0.4) is 0 Å². The third-order valence-electron chi connectivity index (χ3n) is 2.12. The highest BCUT2D eigenvalue weighted by molar-refractivity contribution is 4.73. The molecule has 0 unspecified atom stereocenters. The van der Waals surface area contributed by atoms with Gasteiger partial charge in [-0.1, -0.05) is 26.7 Å². The SMILES string of the molecule is CCC(CC)[C@@H](N)CC(F)(F)F. The topological polar surface area (TPSA) is 26.0 Å². The summed E-state index contributed by atoms with van der Waals surface area (Å²) < 4.78 is 35.6.